The summed E-state index contributed by atoms with van der Waals surface area (Å²) < 4.78 is 27.1. The molecule has 3 N–H and O–H groups in total. The maximum absolute atomic E-state index is 12.0. The number of aliphatic hydroxyl groups excluding tert-OH is 1. The third-order valence-corrected chi connectivity index (χ3v) is 6.16. The van der Waals surface area contributed by atoms with Crippen LogP contribution in [0.4, 0.5) is 4.79 Å². The van der Waals surface area contributed by atoms with Crippen LogP contribution in [-0.4, -0.2) is 78.3 Å². The zero-order valence-corrected chi connectivity index (χ0v) is 23.8. The monoisotopic (exact) mass is 580 g/mol. The highest BCUT2D eigenvalue weighted by molar-refractivity contribution is 5.73. The molecule has 1 heterocycles. The number of benzene rings is 1. The minimum absolute atomic E-state index is 0.181. The van der Waals surface area contributed by atoms with E-state index in [1.54, 1.807) is 0 Å². The largest absolute Gasteiger partial charge is 0.460 e. The maximum atomic E-state index is 12.0. The topological polar surface area (TPSA) is 176 Å². The molecule has 41 heavy (non-hydrogen) atoms. The average molecular weight is 581 g/mol. The molecular weight excluding hydrogens is 540 g/mol. The Kier molecular flexibility index (Phi) is 14.0. The summed E-state index contributed by atoms with van der Waals surface area (Å²) in [6.45, 7) is 5.29. The lowest BCUT2D eigenvalue weighted by Crippen LogP contribution is -2.67. The van der Waals surface area contributed by atoms with Crippen molar-refractivity contribution in [2.24, 2.45) is 0 Å². The first-order valence-electron chi connectivity index (χ1n) is 13.5. The molecule has 13 heteroatoms. The number of aliphatic hydroxyl groups is 1. The van der Waals surface area contributed by atoms with Gasteiger partial charge in [-0.1, -0.05) is 43.2 Å². The lowest BCUT2D eigenvalue weighted by Gasteiger charge is -2.45. The summed E-state index contributed by atoms with van der Waals surface area (Å²) in [5.41, 5.74) is 0.889. The summed E-state index contributed by atoms with van der Waals surface area (Å²) in [6.07, 6.45) is -3.93. The summed E-state index contributed by atoms with van der Waals surface area (Å²) in [4.78, 5) is 59.3. The Morgan fingerprint density at radius 3 is 2.12 bits per heavy atom. The molecule has 2 amide bonds. The Morgan fingerprint density at radius 1 is 0.878 bits per heavy atom. The molecule has 6 atom stereocenters. The molecule has 0 saturated carbocycles. The van der Waals surface area contributed by atoms with Crippen LogP contribution in [0.2, 0.25) is 0 Å². The van der Waals surface area contributed by atoms with Crippen LogP contribution in [0.5, 0.6) is 0 Å². The van der Waals surface area contributed by atoms with Gasteiger partial charge in [-0.05, 0) is 24.8 Å². The molecule has 1 aliphatic heterocycles. The second kappa shape index (κ2) is 17.2. The SMILES string of the molecule is CC(=O)N[C@@H]1[C@H](OC(C)=O)[C@H](OC(C)=O)[C@@H](C(CCCCCCNC(=O)OCc2ccccc2)OC(C)=O)O[C@H]1O. The summed E-state index contributed by atoms with van der Waals surface area (Å²) in [5, 5.41) is 15.8. The first-order chi connectivity index (χ1) is 19.5. The van der Waals surface area contributed by atoms with Crippen molar-refractivity contribution < 1.29 is 52.8 Å². The van der Waals surface area contributed by atoms with Crippen LogP contribution in [0.15, 0.2) is 30.3 Å². The van der Waals surface area contributed by atoms with Crippen molar-refractivity contribution in [1.29, 1.82) is 0 Å². The van der Waals surface area contributed by atoms with E-state index in [-0.39, 0.29) is 13.0 Å². The van der Waals surface area contributed by atoms with E-state index in [1.165, 1.54) is 13.8 Å². The normalized spacial score (nSPS) is 22.5. The molecule has 1 aromatic rings. The molecule has 0 aliphatic carbocycles. The van der Waals surface area contributed by atoms with Crippen LogP contribution in [-0.2, 0) is 49.5 Å². The number of unbranched alkanes of at least 4 members (excludes halogenated alkanes) is 3. The van der Waals surface area contributed by atoms with Gasteiger partial charge in [0.25, 0.3) is 0 Å². The zero-order valence-electron chi connectivity index (χ0n) is 23.8. The van der Waals surface area contributed by atoms with Crippen molar-refractivity contribution in [1.82, 2.24) is 10.6 Å². The van der Waals surface area contributed by atoms with Gasteiger partial charge in [0.15, 0.2) is 18.5 Å². The van der Waals surface area contributed by atoms with Crippen LogP contribution in [0.3, 0.4) is 0 Å². The van der Waals surface area contributed by atoms with E-state index in [0.29, 0.717) is 25.8 Å². The summed E-state index contributed by atoms with van der Waals surface area (Å²) in [6, 6.07) is 8.10. The van der Waals surface area contributed by atoms with E-state index in [0.717, 1.165) is 25.8 Å². The standard InChI is InChI=1S/C28H40N2O11/c1-17(31)30-23-25(39-19(3)33)26(40-20(4)34)24(41-27(23)35)22(38-18(2)32)14-10-5-6-11-15-29-28(36)37-16-21-12-8-7-9-13-21/h7-9,12-13,22-27,35H,5-6,10-11,14-16H2,1-4H3,(H,29,36)(H,30,31)/t22?,23-,24-,25+,26-,27-/m1/s1. The number of hydrogen-bond acceptors (Lipinski definition) is 11. The molecule has 228 valence electrons. The highest BCUT2D eigenvalue weighted by atomic mass is 16.7. The smallest absolute Gasteiger partial charge is 0.407 e. The van der Waals surface area contributed by atoms with Crippen molar-refractivity contribution in [3.8, 4) is 0 Å². The number of alkyl carbamates (subject to hydrolysis) is 1. The molecule has 0 bridgehead atoms. The Balaban J connectivity index is 1.94. The van der Waals surface area contributed by atoms with E-state index < -0.39 is 66.7 Å². The van der Waals surface area contributed by atoms with Crippen molar-refractivity contribution in [3.05, 3.63) is 35.9 Å². The number of amides is 2. The van der Waals surface area contributed by atoms with Crippen molar-refractivity contribution in [3.63, 3.8) is 0 Å². The number of hydrogen-bond donors (Lipinski definition) is 3. The molecule has 2 rings (SSSR count). The first-order valence-corrected chi connectivity index (χ1v) is 13.5. The summed E-state index contributed by atoms with van der Waals surface area (Å²) in [5.74, 6) is -2.63. The maximum Gasteiger partial charge on any atom is 0.407 e. The van der Waals surface area contributed by atoms with Crippen LogP contribution < -0.4 is 10.6 Å². The average Bonchev–Trinajstić information content (AvgIpc) is 2.89. The predicted molar refractivity (Wildman–Crippen MR) is 143 cm³/mol. The summed E-state index contributed by atoms with van der Waals surface area (Å²) in [7, 11) is 0. The minimum atomic E-state index is -1.65. The Morgan fingerprint density at radius 2 is 1.51 bits per heavy atom. The molecular formula is C28H40N2O11. The third-order valence-electron chi connectivity index (χ3n) is 6.16. The molecule has 0 radical (unpaired) electrons. The fourth-order valence-corrected chi connectivity index (χ4v) is 4.51. The molecule has 13 nitrogen and oxygen atoms in total. The molecule has 1 saturated heterocycles. The van der Waals surface area contributed by atoms with Gasteiger partial charge in [-0.3, -0.25) is 19.2 Å². The Hall–Kier alpha value is -3.71. The van der Waals surface area contributed by atoms with Crippen molar-refractivity contribution in [2.45, 2.75) is 103 Å². The van der Waals surface area contributed by atoms with Gasteiger partial charge in [-0.2, -0.15) is 0 Å². The first kappa shape index (κ1) is 33.5. The van der Waals surface area contributed by atoms with Crippen molar-refractivity contribution >= 4 is 29.9 Å². The fraction of sp³-hybridized carbons (Fsp3) is 0.607. The van der Waals surface area contributed by atoms with Gasteiger partial charge < -0.3 is 39.4 Å². The Labute approximate surface area is 239 Å². The molecule has 1 unspecified atom stereocenters. The van der Waals surface area contributed by atoms with Gasteiger partial charge in [0.2, 0.25) is 5.91 Å². The molecule has 1 fully saturated rings. The summed E-state index contributed by atoms with van der Waals surface area (Å²) >= 11 is 0. The van der Waals surface area contributed by atoms with E-state index in [2.05, 4.69) is 10.6 Å². The van der Waals surface area contributed by atoms with Gasteiger partial charge in [-0.25, -0.2) is 4.79 Å². The van der Waals surface area contributed by atoms with E-state index in [9.17, 15) is 29.1 Å². The van der Waals surface area contributed by atoms with Gasteiger partial charge in [0.1, 0.15) is 24.9 Å². The van der Waals surface area contributed by atoms with E-state index in [4.69, 9.17) is 23.7 Å². The van der Waals surface area contributed by atoms with Gasteiger partial charge in [0, 0.05) is 34.2 Å². The molecule has 1 aliphatic rings. The number of carbonyl (C=O) groups is 5. The quantitative estimate of drug-likeness (QED) is 0.166. The molecule has 1 aromatic carbocycles. The number of rotatable bonds is 14. The number of carbonyl (C=O) groups excluding carboxylic acids is 5. The second-order valence-electron chi connectivity index (χ2n) is 9.70. The molecule has 0 aromatic heterocycles. The van der Waals surface area contributed by atoms with Crippen LogP contribution in [0.25, 0.3) is 0 Å². The molecule has 0 spiro atoms. The Bertz CT molecular complexity index is 1020. The highest BCUT2D eigenvalue weighted by Crippen LogP contribution is 2.30. The van der Waals surface area contributed by atoms with Crippen LogP contribution in [0, 0.1) is 0 Å². The van der Waals surface area contributed by atoms with Crippen LogP contribution >= 0.6 is 0 Å². The van der Waals surface area contributed by atoms with E-state index >= 15 is 0 Å². The number of nitrogens with one attached hydrogen (secondary N) is 2. The number of ether oxygens (including phenoxy) is 5. The third kappa shape index (κ3) is 12.1. The van der Waals surface area contributed by atoms with Gasteiger partial charge in [-0.15, -0.1) is 0 Å². The van der Waals surface area contributed by atoms with Gasteiger partial charge >= 0.3 is 24.0 Å². The predicted octanol–water partition coefficient (Wildman–Crippen LogP) is 1.88. The number of esters is 3. The van der Waals surface area contributed by atoms with Crippen molar-refractivity contribution in [2.75, 3.05) is 6.54 Å². The highest BCUT2D eigenvalue weighted by Gasteiger charge is 2.53. The minimum Gasteiger partial charge on any atom is -0.460 e. The van der Waals surface area contributed by atoms with Crippen LogP contribution in [0.1, 0.15) is 65.4 Å². The zero-order chi connectivity index (χ0) is 30.4. The van der Waals surface area contributed by atoms with Gasteiger partial charge in [0.05, 0.1) is 0 Å². The van der Waals surface area contributed by atoms with E-state index in [1.807, 2.05) is 30.3 Å². The second-order valence-corrected chi connectivity index (χ2v) is 9.70. The fourth-order valence-electron chi connectivity index (χ4n) is 4.51. The lowest BCUT2D eigenvalue weighted by molar-refractivity contribution is -0.276. The lowest BCUT2D eigenvalue weighted by atomic mass is 9.90.